The van der Waals surface area contributed by atoms with Crippen LogP contribution in [0.25, 0.3) is 0 Å². The van der Waals surface area contributed by atoms with Crippen LogP contribution < -0.4 is 4.74 Å². The second-order valence-electron chi connectivity index (χ2n) is 5.87. The molecule has 1 aromatic heterocycles. The molecular formula is C18H19ClN4O3. The highest BCUT2D eigenvalue weighted by Crippen LogP contribution is 2.24. The van der Waals surface area contributed by atoms with E-state index in [0.29, 0.717) is 54.6 Å². The molecule has 2 aromatic rings. The summed E-state index contributed by atoms with van der Waals surface area (Å²) in [6.07, 6.45) is 5.16. The number of amides is 2. The number of hydrogen-bond acceptors (Lipinski definition) is 5. The molecule has 0 N–H and O–H groups in total. The maximum absolute atomic E-state index is 12.8. The van der Waals surface area contributed by atoms with Crippen LogP contribution in [0, 0.1) is 0 Å². The van der Waals surface area contributed by atoms with Crippen LogP contribution >= 0.6 is 11.6 Å². The van der Waals surface area contributed by atoms with Gasteiger partial charge >= 0.3 is 0 Å². The van der Waals surface area contributed by atoms with Crippen LogP contribution in [0.3, 0.4) is 0 Å². The Morgan fingerprint density at radius 3 is 2.42 bits per heavy atom. The molecule has 1 fully saturated rings. The highest BCUT2D eigenvalue weighted by Gasteiger charge is 2.25. The average molecular weight is 375 g/mol. The fraction of sp³-hybridized carbons (Fsp3) is 0.333. The molecule has 26 heavy (non-hydrogen) atoms. The highest BCUT2D eigenvalue weighted by molar-refractivity contribution is 6.34. The molecular weight excluding hydrogens is 356 g/mol. The fourth-order valence-electron chi connectivity index (χ4n) is 2.86. The molecule has 1 saturated heterocycles. The molecule has 3 rings (SSSR count). The molecule has 2 amide bonds. The summed E-state index contributed by atoms with van der Waals surface area (Å²) in [6, 6.07) is 4.99. The first-order valence-electron chi connectivity index (χ1n) is 8.28. The third-order valence-corrected chi connectivity index (χ3v) is 4.57. The van der Waals surface area contributed by atoms with E-state index < -0.39 is 0 Å². The number of hydrogen-bond donors (Lipinski definition) is 0. The number of carbonyl (C=O) groups is 2. The molecule has 1 aliphatic rings. The predicted molar refractivity (Wildman–Crippen MR) is 96.5 cm³/mol. The smallest absolute Gasteiger partial charge is 0.274 e. The van der Waals surface area contributed by atoms with Crippen molar-refractivity contribution in [2.45, 2.75) is 6.42 Å². The lowest BCUT2D eigenvalue weighted by Gasteiger charge is -2.22. The van der Waals surface area contributed by atoms with Gasteiger partial charge in [0.05, 0.1) is 23.9 Å². The van der Waals surface area contributed by atoms with Gasteiger partial charge in [-0.3, -0.25) is 14.6 Å². The summed E-state index contributed by atoms with van der Waals surface area (Å²) >= 11 is 6.21. The minimum Gasteiger partial charge on any atom is -0.497 e. The summed E-state index contributed by atoms with van der Waals surface area (Å²) < 4.78 is 5.11. The lowest BCUT2D eigenvalue weighted by molar-refractivity contribution is 0.0715. The molecule has 0 bridgehead atoms. The Labute approximate surface area is 156 Å². The van der Waals surface area contributed by atoms with E-state index in [0.717, 1.165) is 0 Å². The van der Waals surface area contributed by atoms with Crippen molar-refractivity contribution in [3.05, 3.63) is 53.1 Å². The summed E-state index contributed by atoms with van der Waals surface area (Å²) in [7, 11) is 1.55. The van der Waals surface area contributed by atoms with Crippen molar-refractivity contribution in [3.63, 3.8) is 0 Å². The van der Waals surface area contributed by atoms with E-state index in [-0.39, 0.29) is 11.8 Å². The first-order chi connectivity index (χ1) is 12.6. The molecule has 7 nitrogen and oxygen atoms in total. The number of methoxy groups -OCH3 is 1. The number of carbonyl (C=O) groups excluding carboxylic acids is 2. The monoisotopic (exact) mass is 374 g/mol. The number of halogens is 1. The van der Waals surface area contributed by atoms with Crippen LogP contribution in [0.2, 0.25) is 5.02 Å². The molecule has 0 saturated carbocycles. The first kappa shape index (κ1) is 18.1. The number of rotatable bonds is 3. The SMILES string of the molecule is COc1ccc(C(=O)N2CCCN(C(=O)c3cnccn3)CC2)c(Cl)c1. The van der Waals surface area contributed by atoms with Gasteiger partial charge in [-0.1, -0.05) is 11.6 Å². The van der Waals surface area contributed by atoms with E-state index in [4.69, 9.17) is 16.3 Å². The zero-order valence-corrected chi connectivity index (χ0v) is 15.1. The van der Waals surface area contributed by atoms with Crippen LogP contribution in [0.15, 0.2) is 36.8 Å². The van der Waals surface area contributed by atoms with Crippen molar-refractivity contribution >= 4 is 23.4 Å². The molecule has 1 aromatic carbocycles. The van der Waals surface area contributed by atoms with Gasteiger partial charge in [-0.15, -0.1) is 0 Å². The molecule has 0 unspecified atom stereocenters. The lowest BCUT2D eigenvalue weighted by atomic mass is 10.2. The van der Waals surface area contributed by atoms with E-state index in [1.54, 1.807) is 35.1 Å². The summed E-state index contributed by atoms with van der Waals surface area (Å²) in [5, 5.41) is 0.353. The van der Waals surface area contributed by atoms with E-state index in [9.17, 15) is 9.59 Å². The van der Waals surface area contributed by atoms with Gasteiger partial charge in [0.25, 0.3) is 11.8 Å². The van der Waals surface area contributed by atoms with Gasteiger partial charge in [0.2, 0.25) is 0 Å². The maximum Gasteiger partial charge on any atom is 0.274 e. The van der Waals surface area contributed by atoms with Gasteiger partial charge in [0.15, 0.2) is 0 Å². The summed E-state index contributed by atoms with van der Waals surface area (Å²) in [5.41, 5.74) is 0.742. The molecule has 8 heteroatoms. The van der Waals surface area contributed by atoms with Gasteiger partial charge in [-0.25, -0.2) is 4.98 Å². The first-order valence-corrected chi connectivity index (χ1v) is 8.66. The Kier molecular flexibility index (Phi) is 5.68. The number of benzene rings is 1. The highest BCUT2D eigenvalue weighted by atomic mass is 35.5. The van der Waals surface area contributed by atoms with Gasteiger partial charge in [0, 0.05) is 38.6 Å². The second-order valence-corrected chi connectivity index (χ2v) is 6.28. The van der Waals surface area contributed by atoms with E-state index in [1.807, 2.05) is 0 Å². The number of nitrogens with zero attached hydrogens (tertiary/aromatic N) is 4. The zero-order valence-electron chi connectivity index (χ0n) is 14.4. The van der Waals surface area contributed by atoms with Crippen molar-refractivity contribution in [3.8, 4) is 5.75 Å². The van der Waals surface area contributed by atoms with Crippen LogP contribution in [0.1, 0.15) is 27.3 Å². The van der Waals surface area contributed by atoms with Gasteiger partial charge in [0.1, 0.15) is 11.4 Å². The Hall–Kier alpha value is -2.67. The molecule has 2 heterocycles. The number of aromatic nitrogens is 2. The van der Waals surface area contributed by atoms with Gasteiger partial charge in [-0.05, 0) is 24.6 Å². The van der Waals surface area contributed by atoms with Crippen molar-refractivity contribution in [2.24, 2.45) is 0 Å². The van der Waals surface area contributed by atoms with Crippen molar-refractivity contribution in [1.29, 1.82) is 0 Å². The Balaban J connectivity index is 1.68. The normalized spacial score (nSPS) is 14.7. The van der Waals surface area contributed by atoms with E-state index in [1.165, 1.54) is 18.6 Å². The molecule has 0 atom stereocenters. The maximum atomic E-state index is 12.8. The minimum absolute atomic E-state index is 0.147. The Morgan fingerprint density at radius 2 is 1.81 bits per heavy atom. The topological polar surface area (TPSA) is 75.6 Å². The summed E-state index contributed by atoms with van der Waals surface area (Å²) in [6.45, 7) is 2.00. The molecule has 0 radical (unpaired) electrons. The van der Waals surface area contributed by atoms with E-state index in [2.05, 4.69) is 9.97 Å². The molecule has 0 aliphatic carbocycles. The fourth-order valence-corrected chi connectivity index (χ4v) is 3.11. The average Bonchev–Trinajstić information content (AvgIpc) is 2.93. The third kappa shape index (κ3) is 3.94. The van der Waals surface area contributed by atoms with Crippen LogP contribution in [0.4, 0.5) is 0 Å². The summed E-state index contributed by atoms with van der Waals surface area (Å²) in [4.78, 5) is 36.7. The predicted octanol–water partition coefficient (Wildman–Crippen LogP) is 2.13. The van der Waals surface area contributed by atoms with Crippen LogP contribution in [-0.2, 0) is 0 Å². The van der Waals surface area contributed by atoms with Gasteiger partial charge in [-0.2, -0.15) is 0 Å². The zero-order chi connectivity index (χ0) is 18.5. The second kappa shape index (κ2) is 8.14. The standard InChI is InChI=1S/C18H19ClN4O3/c1-26-13-3-4-14(15(19)11-13)17(24)22-7-2-8-23(10-9-22)18(25)16-12-20-5-6-21-16/h3-6,11-12H,2,7-10H2,1H3. The summed E-state index contributed by atoms with van der Waals surface area (Å²) in [5.74, 6) is 0.282. The Morgan fingerprint density at radius 1 is 1.08 bits per heavy atom. The van der Waals surface area contributed by atoms with Crippen LogP contribution in [-0.4, -0.2) is 64.9 Å². The van der Waals surface area contributed by atoms with Crippen molar-refractivity contribution < 1.29 is 14.3 Å². The largest absolute Gasteiger partial charge is 0.497 e. The number of ether oxygens (including phenoxy) is 1. The quantitative estimate of drug-likeness (QED) is 0.822. The van der Waals surface area contributed by atoms with Crippen molar-refractivity contribution in [2.75, 3.05) is 33.3 Å². The molecule has 136 valence electrons. The molecule has 0 spiro atoms. The van der Waals surface area contributed by atoms with Crippen molar-refractivity contribution in [1.82, 2.24) is 19.8 Å². The van der Waals surface area contributed by atoms with Gasteiger partial charge < -0.3 is 14.5 Å². The lowest BCUT2D eigenvalue weighted by Crippen LogP contribution is -2.37. The Bertz CT molecular complexity index is 800. The van der Waals surface area contributed by atoms with Crippen LogP contribution in [0.5, 0.6) is 5.75 Å². The van der Waals surface area contributed by atoms with E-state index >= 15 is 0 Å². The molecule has 1 aliphatic heterocycles. The third-order valence-electron chi connectivity index (χ3n) is 4.26. The minimum atomic E-state index is -0.171.